The first-order chi connectivity index (χ1) is 13.4. The van der Waals surface area contributed by atoms with Gasteiger partial charge in [-0.1, -0.05) is 43.7 Å². The van der Waals surface area contributed by atoms with Crippen molar-refractivity contribution in [1.82, 2.24) is 10.3 Å². The minimum atomic E-state index is -0.511. The van der Waals surface area contributed by atoms with Crippen molar-refractivity contribution in [3.63, 3.8) is 0 Å². The van der Waals surface area contributed by atoms with Gasteiger partial charge in [-0.3, -0.25) is 5.43 Å². The van der Waals surface area contributed by atoms with E-state index in [1.807, 2.05) is 43.9 Å². The number of nitrogens with zero attached hydrogens (tertiary/aromatic N) is 2. The highest BCUT2D eigenvalue weighted by molar-refractivity contribution is 6.06. The van der Waals surface area contributed by atoms with Gasteiger partial charge >= 0.3 is 6.09 Å². The van der Waals surface area contributed by atoms with E-state index >= 15 is 0 Å². The Kier molecular flexibility index (Phi) is 6.28. The summed E-state index contributed by atoms with van der Waals surface area (Å²) in [5.41, 5.74) is 4.38. The molecule has 1 fully saturated rings. The Morgan fingerprint density at radius 2 is 2.07 bits per heavy atom. The lowest BCUT2D eigenvalue weighted by Crippen LogP contribution is -2.56. The maximum atomic E-state index is 12.8. The van der Waals surface area contributed by atoms with Gasteiger partial charge in [-0.25, -0.2) is 4.79 Å². The van der Waals surface area contributed by atoms with Crippen LogP contribution in [0.15, 0.2) is 35.4 Å². The first-order valence-corrected chi connectivity index (χ1v) is 10.3. The average molecular weight is 388 g/mol. The summed E-state index contributed by atoms with van der Waals surface area (Å²) in [5, 5.41) is 4.67. The van der Waals surface area contributed by atoms with Gasteiger partial charge in [0.25, 0.3) is 0 Å². The van der Waals surface area contributed by atoms with Gasteiger partial charge in [0.15, 0.2) is 6.23 Å². The van der Waals surface area contributed by atoms with Crippen LogP contribution < -0.4 is 5.43 Å². The Labute approximate surface area is 168 Å². The van der Waals surface area contributed by atoms with Gasteiger partial charge in [-0.15, -0.1) is 0 Å². The quantitative estimate of drug-likeness (QED) is 0.771. The molecule has 1 spiro atoms. The number of unbranched alkanes of at least 4 members (excludes halogenated alkanes) is 1. The van der Waals surface area contributed by atoms with Crippen molar-refractivity contribution in [2.45, 2.75) is 65.2 Å². The molecule has 0 aliphatic carbocycles. The molecule has 2 unspecified atom stereocenters. The molecule has 154 valence electrons. The average Bonchev–Trinajstić information content (AvgIpc) is 2.99. The molecule has 2 atom stereocenters. The van der Waals surface area contributed by atoms with E-state index in [1.165, 1.54) is 0 Å². The molecule has 2 heterocycles. The first-order valence-electron chi connectivity index (χ1n) is 10.3. The third-order valence-corrected chi connectivity index (χ3v) is 5.27. The van der Waals surface area contributed by atoms with Gasteiger partial charge in [0.2, 0.25) is 0 Å². The Morgan fingerprint density at radius 3 is 2.75 bits per heavy atom. The van der Waals surface area contributed by atoms with Crippen molar-refractivity contribution in [1.29, 1.82) is 0 Å². The highest BCUT2D eigenvalue weighted by atomic mass is 16.6. The Hall–Kier alpha value is -2.08. The summed E-state index contributed by atoms with van der Waals surface area (Å²) in [6.07, 6.45) is 3.39. The second kappa shape index (κ2) is 8.52. The minimum Gasteiger partial charge on any atom is -0.444 e. The van der Waals surface area contributed by atoms with Gasteiger partial charge in [-0.2, -0.15) is 5.10 Å². The molecule has 28 heavy (non-hydrogen) atoms. The molecule has 1 aromatic carbocycles. The summed E-state index contributed by atoms with van der Waals surface area (Å²) >= 11 is 0. The summed E-state index contributed by atoms with van der Waals surface area (Å²) in [7, 11) is 0. The molecule has 3 rings (SSSR count). The fourth-order valence-corrected chi connectivity index (χ4v) is 3.95. The molecule has 6 nitrogen and oxygen atoms in total. The Balaban J connectivity index is 1.86. The number of nitrogens with one attached hydrogen (secondary N) is 1. The van der Waals surface area contributed by atoms with E-state index in [2.05, 4.69) is 29.6 Å². The standard InChI is InChI=1S/C22H33N3O3/c1-5-6-15-27-19-22(18(23-24-19)17-11-8-7-9-12-17)13-10-14-25(16-22)20(26)28-21(2,3)4/h7-9,11-12,19,24H,5-6,10,13-16H2,1-4H3. The van der Waals surface area contributed by atoms with Gasteiger partial charge in [0, 0.05) is 19.7 Å². The van der Waals surface area contributed by atoms with Crippen LogP contribution in [0.2, 0.25) is 0 Å². The SMILES string of the molecule is CCCCOC1NN=C(c2ccccc2)C12CCCN(C(=O)OC(C)(C)C)C2. The molecular weight excluding hydrogens is 354 g/mol. The lowest BCUT2D eigenvalue weighted by Gasteiger charge is -2.43. The third kappa shape index (κ3) is 4.49. The second-order valence-electron chi connectivity index (χ2n) is 8.72. The largest absolute Gasteiger partial charge is 0.444 e. The van der Waals surface area contributed by atoms with Gasteiger partial charge in [0.1, 0.15) is 5.60 Å². The van der Waals surface area contributed by atoms with Crippen molar-refractivity contribution in [3.05, 3.63) is 35.9 Å². The van der Waals surface area contributed by atoms with Crippen LogP contribution in [-0.2, 0) is 9.47 Å². The van der Waals surface area contributed by atoms with E-state index in [0.29, 0.717) is 19.7 Å². The summed E-state index contributed by atoms with van der Waals surface area (Å²) in [6, 6.07) is 10.2. The van der Waals surface area contributed by atoms with Crippen molar-refractivity contribution in [2.24, 2.45) is 10.5 Å². The number of likely N-dealkylation sites (tertiary alicyclic amines) is 1. The topological polar surface area (TPSA) is 63.2 Å². The summed E-state index contributed by atoms with van der Waals surface area (Å²) < 4.78 is 11.9. The maximum absolute atomic E-state index is 12.8. The number of hydrogen-bond donors (Lipinski definition) is 1. The van der Waals surface area contributed by atoms with Crippen LogP contribution in [0.5, 0.6) is 0 Å². The fraction of sp³-hybridized carbons (Fsp3) is 0.636. The molecule has 1 N–H and O–H groups in total. The predicted octanol–water partition coefficient (Wildman–Crippen LogP) is 4.15. The van der Waals surface area contributed by atoms with E-state index in [9.17, 15) is 4.79 Å². The molecule has 0 bridgehead atoms. The highest BCUT2D eigenvalue weighted by Crippen LogP contribution is 2.41. The predicted molar refractivity (Wildman–Crippen MR) is 110 cm³/mol. The lowest BCUT2D eigenvalue weighted by atomic mass is 9.72. The van der Waals surface area contributed by atoms with Crippen molar-refractivity contribution >= 4 is 11.8 Å². The number of hydrazone groups is 1. The number of amides is 1. The van der Waals surface area contributed by atoms with E-state index < -0.39 is 5.60 Å². The van der Waals surface area contributed by atoms with Gasteiger partial charge in [0.05, 0.1) is 11.1 Å². The molecule has 1 saturated heterocycles. The zero-order valence-corrected chi connectivity index (χ0v) is 17.5. The molecule has 2 aliphatic rings. The maximum Gasteiger partial charge on any atom is 0.410 e. The molecule has 0 aromatic heterocycles. The molecule has 1 amide bonds. The Morgan fingerprint density at radius 1 is 1.32 bits per heavy atom. The van der Waals surface area contributed by atoms with Crippen LogP contribution in [0.1, 0.15) is 58.9 Å². The van der Waals surface area contributed by atoms with Crippen molar-refractivity contribution in [2.75, 3.05) is 19.7 Å². The summed E-state index contributed by atoms with van der Waals surface area (Å²) in [4.78, 5) is 14.6. The molecule has 6 heteroatoms. The zero-order valence-electron chi connectivity index (χ0n) is 17.5. The van der Waals surface area contributed by atoms with Crippen LogP contribution in [0.4, 0.5) is 4.79 Å². The van der Waals surface area contributed by atoms with Gasteiger partial charge < -0.3 is 14.4 Å². The fourth-order valence-electron chi connectivity index (χ4n) is 3.95. The number of carbonyl (C=O) groups is 1. The van der Waals surface area contributed by atoms with E-state index in [0.717, 1.165) is 37.0 Å². The van der Waals surface area contributed by atoms with Gasteiger partial charge in [-0.05, 0) is 45.6 Å². The van der Waals surface area contributed by atoms with Crippen molar-refractivity contribution in [3.8, 4) is 0 Å². The number of piperidine rings is 1. The molecule has 0 radical (unpaired) electrons. The molecule has 0 saturated carbocycles. The lowest BCUT2D eigenvalue weighted by molar-refractivity contribution is -0.0534. The monoisotopic (exact) mass is 387 g/mol. The minimum absolute atomic E-state index is 0.237. The molecule has 1 aromatic rings. The van der Waals surface area contributed by atoms with Crippen LogP contribution in [0.25, 0.3) is 0 Å². The van der Waals surface area contributed by atoms with E-state index in [1.54, 1.807) is 0 Å². The normalized spacial score (nSPS) is 24.8. The smallest absolute Gasteiger partial charge is 0.410 e. The van der Waals surface area contributed by atoms with Crippen LogP contribution in [0.3, 0.4) is 0 Å². The second-order valence-corrected chi connectivity index (χ2v) is 8.72. The summed E-state index contributed by atoms with van der Waals surface area (Å²) in [5.74, 6) is 0. The van der Waals surface area contributed by atoms with Crippen LogP contribution in [0, 0.1) is 5.41 Å². The van der Waals surface area contributed by atoms with E-state index in [-0.39, 0.29) is 17.7 Å². The number of hydrogen-bond acceptors (Lipinski definition) is 5. The van der Waals surface area contributed by atoms with Crippen molar-refractivity contribution < 1.29 is 14.3 Å². The molecular formula is C22H33N3O3. The van der Waals surface area contributed by atoms with E-state index in [4.69, 9.17) is 9.47 Å². The first kappa shape index (κ1) is 20.6. The molecule has 2 aliphatic heterocycles. The Bertz CT molecular complexity index is 699. The highest BCUT2D eigenvalue weighted by Gasteiger charge is 2.52. The zero-order chi connectivity index (χ0) is 20.2. The number of ether oxygens (including phenoxy) is 2. The summed E-state index contributed by atoms with van der Waals surface area (Å²) in [6.45, 7) is 9.76. The number of carbonyl (C=O) groups excluding carboxylic acids is 1. The number of benzene rings is 1. The van der Waals surface area contributed by atoms with Crippen LogP contribution >= 0.6 is 0 Å². The number of rotatable bonds is 5. The third-order valence-electron chi connectivity index (χ3n) is 5.27. The van der Waals surface area contributed by atoms with Crippen LogP contribution in [-0.4, -0.2) is 48.2 Å².